The first-order valence-electron chi connectivity index (χ1n) is 8.88. The van der Waals surface area contributed by atoms with Gasteiger partial charge in [-0.05, 0) is 36.4 Å². The minimum atomic E-state index is -0.561. The van der Waals surface area contributed by atoms with E-state index in [1.807, 2.05) is 30.3 Å². The lowest BCUT2D eigenvalue weighted by Gasteiger charge is -2.07. The Balaban J connectivity index is 1.61. The van der Waals surface area contributed by atoms with Crippen molar-refractivity contribution in [3.05, 3.63) is 88.2 Å². The summed E-state index contributed by atoms with van der Waals surface area (Å²) in [4.78, 5) is 17.0. The fraction of sp³-hybridized carbons (Fsp3) is 0. The fourth-order valence-corrected chi connectivity index (χ4v) is 3.35. The van der Waals surface area contributed by atoms with Gasteiger partial charge in [0.1, 0.15) is 23.2 Å². The molecule has 0 atom stereocenters. The number of nitriles is 1. The van der Waals surface area contributed by atoms with Gasteiger partial charge in [0, 0.05) is 23.2 Å². The summed E-state index contributed by atoms with van der Waals surface area (Å²) in [5.41, 5.74) is 1.67. The van der Waals surface area contributed by atoms with E-state index in [0.717, 1.165) is 5.39 Å². The predicted octanol–water partition coefficient (Wildman–Crippen LogP) is 6.35. The normalized spacial score (nSPS) is 11.3. The maximum Gasteiger partial charge on any atom is 0.266 e. The van der Waals surface area contributed by atoms with Gasteiger partial charge >= 0.3 is 0 Å². The molecule has 0 fully saturated rings. The molecule has 2 heterocycles. The number of hydrogen-bond donors (Lipinski definition) is 1. The Bertz CT molecular complexity index is 1330. The van der Waals surface area contributed by atoms with Crippen LogP contribution in [0.25, 0.3) is 28.3 Å². The van der Waals surface area contributed by atoms with Gasteiger partial charge in [-0.15, -0.1) is 0 Å². The average molecular weight is 434 g/mol. The van der Waals surface area contributed by atoms with E-state index in [1.54, 1.807) is 42.6 Å². The zero-order chi connectivity index (χ0) is 21.1. The third-order valence-corrected chi connectivity index (χ3v) is 5.20. The molecule has 1 amide bonds. The molecule has 30 heavy (non-hydrogen) atoms. The van der Waals surface area contributed by atoms with Crippen LogP contribution < -0.4 is 5.32 Å². The van der Waals surface area contributed by atoms with Crippen molar-refractivity contribution >= 4 is 51.8 Å². The second kappa shape index (κ2) is 8.42. The standard InChI is InChI=1S/C23H13Cl2N3O2/c24-18-7-2-6-17(21(18)25)20-10-9-16(30-20)12-15(13-26)23(29)28-19-8-1-4-14-5-3-11-27-22(14)19/h1-12H,(H,28,29)/b15-12-. The van der Waals surface area contributed by atoms with Crippen LogP contribution in [-0.2, 0) is 4.79 Å². The van der Waals surface area contributed by atoms with Gasteiger partial charge in [0.15, 0.2) is 0 Å². The van der Waals surface area contributed by atoms with Crippen molar-refractivity contribution < 1.29 is 9.21 Å². The van der Waals surface area contributed by atoms with Gasteiger partial charge in [0.2, 0.25) is 0 Å². The number of hydrogen-bond acceptors (Lipinski definition) is 4. The number of nitrogens with zero attached hydrogens (tertiary/aromatic N) is 2. The van der Waals surface area contributed by atoms with E-state index >= 15 is 0 Å². The third-order valence-electron chi connectivity index (χ3n) is 4.38. The van der Waals surface area contributed by atoms with Crippen LogP contribution >= 0.6 is 23.2 Å². The smallest absolute Gasteiger partial charge is 0.266 e. The quantitative estimate of drug-likeness (QED) is 0.300. The lowest BCUT2D eigenvalue weighted by Crippen LogP contribution is -2.13. The molecule has 0 aliphatic rings. The van der Waals surface area contributed by atoms with Gasteiger partial charge in [-0.1, -0.05) is 47.5 Å². The highest BCUT2D eigenvalue weighted by Crippen LogP contribution is 2.34. The zero-order valence-corrected chi connectivity index (χ0v) is 16.9. The topological polar surface area (TPSA) is 78.9 Å². The van der Waals surface area contributed by atoms with Crippen molar-refractivity contribution in [3.63, 3.8) is 0 Å². The molecule has 0 radical (unpaired) electrons. The number of carbonyl (C=O) groups is 1. The molecule has 0 spiro atoms. The van der Waals surface area contributed by atoms with Crippen molar-refractivity contribution in [2.24, 2.45) is 0 Å². The number of fused-ring (bicyclic) bond motifs is 1. The Morgan fingerprint density at radius 2 is 1.87 bits per heavy atom. The number of para-hydroxylation sites is 1. The molecule has 0 saturated carbocycles. The molecule has 0 bridgehead atoms. The lowest BCUT2D eigenvalue weighted by atomic mass is 10.1. The number of rotatable bonds is 4. The van der Waals surface area contributed by atoms with Gasteiger partial charge in [0.05, 0.1) is 21.2 Å². The Labute approximate surface area is 182 Å². The number of halogens is 2. The summed E-state index contributed by atoms with van der Waals surface area (Å²) in [6.45, 7) is 0. The highest BCUT2D eigenvalue weighted by Gasteiger charge is 2.14. The van der Waals surface area contributed by atoms with E-state index in [-0.39, 0.29) is 5.57 Å². The number of pyridine rings is 1. The predicted molar refractivity (Wildman–Crippen MR) is 118 cm³/mol. The van der Waals surface area contributed by atoms with Crippen molar-refractivity contribution in [2.75, 3.05) is 5.32 Å². The number of amides is 1. The third kappa shape index (κ3) is 3.92. The van der Waals surface area contributed by atoms with E-state index in [1.165, 1.54) is 6.08 Å². The Morgan fingerprint density at radius 1 is 1.07 bits per heavy atom. The Kier molecular flexibility index (Phi) is 5.53. The van der Waals surface area contributed by atoms with E-state index in [4.69, 9.17) is 27.6 Å². The van der Waals surface area contributed by atoms with Gasteiger partial charge in [-0.2, -0.15) is 5.26 Å². The van der Waals surface area contributed by atoms with Gasteiger partial charge in [-0.25, -0.2) is 0 Å². The maximum absolute atomic E-state index is 12.7. The van der Waals surface area contributed by atoms with Crippen LogP contribution in [0.5, 0.6) is 0 Å². The summed E-state index contributed by atoms with van der Waals surface area (Å²) in [6.07, 6.45) is 3.01. The largest absolute Gasteiger partial charge is 0.457 e. The molecule has 1 N–H and O–H groups in total. The summed E-state index contributed by atoms with van der Waals surface area (Å²) in [5, 5.41) is 13.9. The first-order valence-corrected chi connectivity index (χ1v) is 9.63. The van der Waals surface area contributed by atoms with Crippen LogP contribution in [-0.4, -0.2) is 10.9 Å². The molecule has 7 heteroatoms. The number of carbonyl (C=O) groups excluding carboxylic acids is 1. The lowest BCUT2D eigenvalue weighted by molar-refractivity contribution is -0.112. The maximum atomic E-state index is 12.7. The Hall–Kier alpha value is -3.59. The van der Waals surface area contributed by atoms with Crippen LogP contribution in [0.4, 0.5) is 5.69 Å². The van der Waals surface area contributed by atoms with Crippen LogP contribution in [0.3, 0.4) is 0 Å². The van der Waals surface area contributed by atoms with Crippen molar-refractivity contribution in [1.29, 1.82) is 5.26 Å². The van der Waals surface area contributed by atoms with E-state index in [9.17, 15) is 10.1 Å². The molecule has 0 aliphatic heterocycles. The second-order valence-corrected chi connectivity index (χ2v) is 7.09. The van der Waals surface area contributed by atoms with Gasteiger partial charge in [0.25, 0.3) is 5.91 Å². The number of aromatic nitrogens is 1. The summed E-state index contributed by atoms with van der Waals surface area (Å²) in [7, 11) is 0. The van der Waals surface area contributed by atoms with Crippen molar-refractivity contribution in [1.82, 2.24) is 4.98 Å². The molecule has 2 aromatic carbocycles. The first kappa shape index (κ1) is 19.7. The van der Waals surface area contributed by atoms with E-state index < -0.39 is 5.91 Å². The molecule has 0 aliphatic carbocycles. The molecule has 146 valence electrons. The number of furan rings is 1. The van der Waals surface area contributed by atoms with E-state index in [0.29, 0.717) is 38.3 Å². The summed E-state index contributed by atoms with van der Waals surface area (Å²) < 4.78 is 5.75. The summed E-state index contributed by atoms with van der Waals surface area (Å²) in [5.74, 6) is 0.253. The molecule has 5 nitrogen and oxygen atoms in total. The number of benzene rings is 2. The van der Waals surface area contributed by atoms with Crippen molar-refractivity contribution in [3.8, 4) is 17.4 Å². The number of nitrogens with one attached hydrogen (secondary N) is 1. The molecular weight excluding hydrogens is 421 g/mol. The minimum Gasteiger partial charge on any atom is -0.457 e. The fourth-order valence-electron chi connectivity index (χ4n) is 2.95. The van der Waals surface area contributed by atoms with Crippen LogP contribution in [0.15, 0.2) is 76.9 Å². The first-order chi connectivity index (χ1) is 14.6. The monoisotopic (exact) mass is 433 g/mol. The molecular formula is C23H13Cl2N3O2. The number of anilines is 1. The molecule has 4 rings (SSSR count). The molecule has 2 aromatic heterocycles. The second-order valence-electron chi connectivity index (χ2n) is 6.31. The SMILES string of the molecule is N#C/C(=C/c1ccc(-c2cccc(Cl)c2Cl)o1)C(=O)Nc1cccc2cccnc12. The van der Waals surface area contributed by atoms with Crippen LogP contribution in [0, 0.1) is 11.3 Å². The van der Waals surface area contributed by atoms with Crippen LogP contribution in [0.1, 0.15) is 5.76 Å². The van der Waals surface area contributed by atoms with E-state index in [2.05, 4.69) is 10.3 Å². The summed E-state index contributed by atoms with van der Waals surface area (Å²) >= 11 is 12.3. The minimum absolute atomic E-state index is 0.110. The summed E-state index contributed by atoms with van der Waals surface area (Å²) in [6, 6.07) is 19.6. The van der Waals surface area contributed by atoms with Crippen LogP contribution in [0.2, 0.25) is 10.0 Å². The molecule has 0 unspecified atom stereocenters. The van der Waals surface area contributed by atoms with Crippen molar-refractivity contribution in [2.45, 2.75) is 0 Å². The molecule has 4 aromatic rings. The highest BCUT2D eigenvalue weighted by molar-refractivity contribution is 6.43. The van der Waals surface area contributed by atoms with Gasteiger partial charge < -0.3 is 9.73 Å². The molecule has 0 saturated heterocycles. The Morgan fingerprint density at radius 3 is 2.70 bits per heavy atom. The zero-order valence-electron chi connectivity index (χ0n) is 15.4. The highest BCUT2D eigenvalue weighted by atomic mass is 35.5. The average Bonchev–Trinajstić information content (AvgIpc) is 3.22. The van der Waals surface area contributed by atoms with Gasteiger partial charge in [-0.3, -0.25) is 9.78 Å².